The molecule has 1 aliphatic carbocycles. The van der Waals surface area contributed by atoms with Crippen molar-refractivity contribution in [1.29, 1.82) is 0 Å². The van der Waals surface area contributed by atoms with Gasteiger partial charge in [0.15, 0.2) is 6.29 Å². The fraction of sp³-hybridized carbons (Fsp3) is 1.00. The maximum absolute atomic E-state index is 10.1. The molecule has 11 atom stereocenters. The molecule has 0 radical (unpaired) electrons. The lowest BCUT2D eigenvalue weighted by Gasteiger charge is -2.46. The first-order chi connectivity index (χ1) is 11.2. The van der Waals surface area contributed by atoms with Gasteiger partial charge in [0.05, 0.1) is 18.8 Å². The van der Waals surface area contributed by atoms with E-state index in [0.29, 0.717) is 0 Å². The molecule has 0 amide bonds. The van der Waals surface area contributed by atoms with Crippen molar-refractivity contribution in [3.05, 3.63) is 0 Å². The maximum Gasteiger partial charge on any atom is 0.176 e. The lowest BCUT2D eigenvalue weighted by atomic mass is 9.84. The molecule has 2 aliphatic rings. The molecule has 24 heavy (non-hydrogen) atoms. The van der Waals surface area contributed by atoms with Crippen molar-refractivity contribution in [2.75, 3.05) is 6.61 Å². The van der Waals surface area contributed by atoms with E-state index in [0.717, 1.165) is 0 Å². The fourth-order valence-corrected chi connectivity index (χ4v) is 3.08. The first-order valence-electron chi connectivity index (χ1n) is 7.77. The van der Waals surface area contributed by atoms with Crippen LogP contribution < -0.4 is 17.2 Å². The minimum atomic E-state index is -1.54. The van der Waals surface area contributed by atoms with Gasteiger partial charge in [0.1, 0.15) is 36.6 Å². The van der Waals surface area contributed by atoms with E-state index in [-0.39, 0.29) is 6.42 Å². The van der Waals surface area contributed by atoms with E-state index in [2.05, 4.69) is 0 Å². The summed E-state index contributed by atoms with van der Waals surface area (Å²) in [6, 6.07) is -2.64. The molecule has 2 rings (SSSR count). The molecule has 10 unspecified atom stereocenters. The van der Waals surface area contributed by atoms with Gasteiger partial charge in [-0.15, -0.1) is 0 Å². The van der Waals surface area contributed by atoms with E-state index < -0.39 is 73.8 Å². The predicted octanol–water partition coefficient (Wildman–Crippen LogP) is -5.72. The number of ether oxygens (including phenoxy) is 2. The average molecular weight is 353 g/mol. The second-order valence-corrected chi connectivity index (χ2v) is 6.42. The molecule has 1 saturated carbocycles. The summed E-state index contributed by atoms with van der Waals surface area (Å²) in [7, 11) is 0. The number of hydrogen-bond acceptors (Lipinski definition) is 11. The molecule has 11 nitrogen and oxygen atoms in total. The Morgan fingerprint density at radius 3 is 2.17 bits per heavy atom. The number of aliphatic hydroxyl groups excluding tert-OH is 6. The molecule has 0 aromatic heterocycles. The minimum Gasteiger partial charge on any atom is -0.394 e. The van der Waals surface area contributed by atoms with Gasteiger partial charge in [0.2, 0.25) is 0 Å². The quantitative estimate of drug-likeness (QED) is 0.232. The smallest absolute Gasteiger partial charge is 0.176 e. The van der Waals surface area contributed by atoms with Crippen LogP contribution in [0.1, 0.15) is 6.42 Å². The van der Waals surface area contributed by atoms with Gasteiger partial charge < -0.3 is 57.3 Å². The zero-order chi connectivity index (χ0) is 18.2. The van der Waals surface area contributed by atoms with Crippen LogP contribution >= 0.6 is 0 Å². The summed E-state index contributed by atoms with van der Waals surface area (Å²) in [4.78, 5) is 0. The topological polar surface area (TPSA) is 218 Å². The number of rotatable bonds is 4. The number of hydrogen-bond donors (Lipinski definition) is 9. The van der Waals surface area contributed by atoms with Gasteiger partial charge in [0, 0.05) is 12.1 Å². The summed E-state index contributed by atoms with van der Waals surface area (Å²) < 4.78 is 10.9. The molecule has 0 bridgehead atoms. The molecular weight excluding hydrogens is 326 g/mol. The lowest BCUT2D eigenvalue weighted by molar-refractivity contribution is -0.303. The summed E-state index contributed by atoms with van der Waals surface area (Å²) in [5, 5.41) is 58.6. The third-order valence-electron chi connectivity index (χ3n) is 4.64. The molecular formula is C13H27N3O8. The predicted molar refractivity (Wildman–Crippen MR) is 79.2 cm³/mol. The summed E-state index contributed by atoms with van der Waals surface area (Å²) in [6.45, 7) is -0.713. The average Bonchev–Trinajstić information content (AvgIpc) is 2.55. The van der Waals surface area contributed by atoms with Crippen LogP contribution in [0.25, 0.3) is 0 Å². The summed E-state index contributed by atoms with van der Waals surface area (Å²) in [6.07, 6.45) is -10.7. The number of nitrogens with two attached hydrogens (primary N) is 3. The minimum absolute atomic E-state index is 0.179. The van der Waals surface area contributed by atoms with Crippen molar-refractivity contribution in [1.82, 2.24) is 0 Å². The Morgan fingerprint density at radius 2 is 1.58 bits per heavy atom. The van der Waals surface area contributed by atoms with E-state index in [1.807, 2.05) is 0 Å². The zero-order valence-electron chi connectivity index (χ0n) is 13.0. The van der Waals surface area contributed by atoms with E-state index in [4.69, 9.17) is 31.8 Å². The molecule has 1 heterocycles. The van der Waals surface area contributed by atoms with Crippen molar-refractivity contribution in [3.8, 4) is 0 Å². The first kappa shape index (κ1) is 19.9. The maximum atomic E-state index is 10.1. The van der Waals surface area contributed by atoms with Crippen molar-refractivity contribution < 1.29 is 40.1 Å². The molecule has 2 fully saturated rings. The van der Waals surface area contributed by atoms with Crippen LogP contribution in [0.2, 0.25) is 0 Å². The molecule has 1 saturated heterocycles. The molecule has 12 N–H and O–H groups in total. The van der Waals surface area contributed by atoms with E-state index >= 15 is 0 Å². The van der Waals surface area contributed by atoms with Gasteiger partial charge in [-0.25, -0.2) is 0 Å². The SMILES string of the molecule is NC1CC(N)C(OC2OC([C@@H](O)CO)C(O)C(O)C2N)C(O)C1O. The summed E-state index contributed by atoms with van der Waals surface area (Å²) >= 11 is 0. The Labute approximate surface area is 138 Å². The van der Waals surface area contributed by atoms with E-state index in [9.17, 15) is 25.5 Å². The van der Waals surface area contributed by atoms with Crippen LogP contribution in [0.3, 0.4) is 0 Å². The lowest BCUT2D eigenvalue weighted by Crippen LogP contribution is -2.68. The highest BCUT2D eigenvalue weighted by Crippen LogP contribution is 2.28. The van der Waals surface area contributed by atoms with E-state index in [1.165, 1.54) is 0 Å². The highest BCUT2D eigenvalue weighted by molar-refractivity contribution is 5.00. The molecule has 142 valence electrons. The Hall–Kier alpha value is -0.440. The third-order valence-corrected chi connectivity index (χ3v) is 4.64. The van der Waals surface area contributed by atoms with Crippen molar-refractivity contribution in [2.24, 2.45) is 17.2 Å². The molecule has 0 aromatic carbocycles. The van der Waals surface area contributed by atoms with Gasteiger partial charge in [0.25, 0.3) is 0 Å². The first-order valence-corrected chi connectivity index (χ1v) is 7.77. The monoisotopic (exact) mass is 353 g/mol. The Bertz CT molecular complexity index is 419. The van der Waals surface area contributed by atoms with Crippen LogP contribution in [-0.2, 0) is 9.47 Å². The van der Waals surface area contributed by atoms with Crippen molar-refractivity contribution >= 4 is 0 Å². The Kier molecular flexibility index (Phi) is 6.50. The molecule has 0 aromatic rings. The highest BCUT2D eigenvalue weighted by atomic mass is 16.7. The molecule has 0 spiro atoms. The largest absolute Gasteiger partial charge is 0.394 e. The highest BCUT2D eigenvalue weighted by Gasteiger charge is 2.49. The number of aliphatic hydroxyl groups is 6. The van der Waals surface area contributed by atoms with Crippen LogP contribution in [-0.4, -0.2) is 104 Å². The van der Waals surface area contributed by atoms with Crippen LogP contribution in [0.4, 0.5) is 0 Å². The Balaban J connectivity index is 2.12. The molecule has 1 aliphatic heterocycles. The van der Waals surface area contributed by atoms with Gasteiger partial charge in [-0.05, 0) is 6.42 Å². The third kappa shape index (κ3) is 3.71. The fourth-order valence-electron chi connectivity index (χ4n) is 3.08. The van der Waals surface area contributed by atoms with Crippen LogP contribution in [0, 0.1) is 0 Å². The van der Waals surface area contributed by atoms with Crippen LogP contribution in [0.5, 0.6) is 0 Å². The normalized spacial score (nSPS) is 51.4. The zero-order valence-corrected chi connectivity index (χ0v) is 13.0. The van der Waals surface area contributed by atoms with Gasteiger partial charge in [-0.1, -0.05) is 0 Å². The van der Waals surface area contributed by atoms with Gasteiger partial charge in [-0.3, -0.25) is 0 Å². The summed E-state index contributed by atoms with van der Waals surface area (Å²) in [5.41, 5.74) is 17.3. The second kappa shape index (κ2) is 7.85. The van der Waals surface area contributed by atoms with Crippen molar-refractivity contribution in [3.63, 3.8) is 0 Å². The molecule has 11 heteroatoms. The summed E-state index contributed by atoms with van der Waals surface area (Å²) in [5.74, 6) is 0. The standard InChI is InChI=1S/C13H27N3O8/c14-3-1-4(15)11(9(21)7(3)19)23-13-6(16)8(20)10(22)12(24-13)5(18)2-17/h3-13,17-22H,1-2,14-16H2/t3?,4?,5-,6?,7?,8?,9?,10?,11?,12?,13?/m0/s1. The van der Waals surface area contributed by atoms with Crippen LogP contribution in [0.15, 0.2) is 0 Å². The van der Waals surface area contributed by atoms with Gasteiger partial charge in [-0.2, -0.15) is 0 Å². The van der Waals surface area contributed by atoms with Crippen molar-refractivity contribution in [2.45, 2.75) is 73.6 Å². The van der Waals surface area contributed by atoms with E-state index in [1.54, 1.807) is 0 Å². The van der Waals surface area contributed by atoms with Gasteiger partial charge >= 0.3 is 0 Å². The second-order valence-electron chi connectivity index (χ2n) is 6.42. The Morgan fingerprint density at radius 1 is 0.958 bits per heavy atom.